The van der Waals surface area contributed by atoms with Crippen LogP contribution in [0, 0.1) is 0 Å². The van der Waals surface area contributed by atoms with Gasteiger partial charge in [0.25, 0.3) is 0 Å². The molecule has 1 aromatic heterocycles. The highest BCUT2D eigenvalue weighted by atomic mass is 16.6. The highest BCUT2D eigenvalue weighted by molar-refractivity contribution is 5.96. The van der Waals surface area contributed by atoms with Crippen molar-refractivity contribution in [3.05, 3.63) is 51.9 Å². The monoisotopic (exact) mass is 436 g/mol. The van der Waals surface area contributed by atoms with Crippen molar-refractivity contribution in [3.63, 3.8) is 0 Å². The summed E-state index contributed by atoms with van der Waals surface area (Å²) < 4.78 is 17.9. The number of hydrogen-bond donors (Lipinski definition) is 3. The Hall–Kier alpha value is -3.45. The van der Waals surface area contributed by atoms with Crippen molar-refractivity contribution in [1.29, 1.82) is 0 Å². The molecule has 0 aliphatic carbocycles. The topological polar surface area (TPSA) is 113 Å². The molecular weight excluding hydrogens is 412 g/mol. The molecule has 3 heterocycles. The smallest absolute Gasteiger partial charge is 0.204 e. The van der Waals surface area contributed by atoms with Gasteiger partial charge in [-0.3, -0.25) is 4.79 Å². The van der Waals surface area contributed by atoms with Crippen LogP contribution >= 0.6 is 0 Å². The number of rotatable bonds is 3. The Morgan fingerprint density at radius 2 is 1.78 bits per heavy atom. The van der Waals surface area contributed by atoms with E-state index in [0.29, 0.717) is 23.3 Å². The normalized spacial score (nSPS) is 20.1. The van der Waals surface area contributed by atoms with Gasteiger partial charge in [0.2, 0.25) is 5.43 Å². The van der Waals surface area contributed by atoms with Crippen molar-refractivity contribution in [2.24, 2.45) is 0 Å². The molecule has 1 atom stereocenters. The highest BCUT2D eigenvalue weighted by Crippen LogP contribution is 2.48. The van der Waals surface area contributed by atoms with Crippen molar-refractivity contribution >= 4 is 17.0 Å². The van der Waals surface area contributed by atoms with E-state index in [2.05, 4.69) is 0 Å². The third-order valence-corrected chi connectivity index (χ3v) is 6.12. The maximum Gasteiger partial charge on any atom is 0.204 e. The molecule has 32 heavy (non-hydrogen) atoms. The molecule has 5 rings (SSSR count). The minimum Gasteiger partial charge on any atom is -0.508 e. The zero-order chi connectivity index (χ0) is 23.0. The number of aromatic hydroxyl groups is 3. The summed E-state index contributed by atoms with van der Waals surface area (Å²) in [6.45, 7) is 7.78. The number of phenols is 3. The van der Waals surface area contributed by atoms with Crippen LogP contribution in [0.15, 0.2) is 39.7 Å². The van der Waals surface area contributed by atoms with E-state index in [1.165, 1.54) is 18.4 Å². The number of phenolic OH excluding ortho intramolecular Hbond substituents is 3. The molecule has 2 aliphatic rings. The summed E-state index contributed by atoms with van der Waals surface area (Å²) >= 11 is 0. The lowest BCUT2D eigenvalue weighted by Gasteiger charge is -2.30. The number of epoxide rings is 1. The van der Waals surface area contributed by atoms with E-state index in [1.807, 2.05) is 33.8 Å². The quantitative estimate of drug-likeness (QED) is 0.519. The van der Waals surface area contributed by atoms with Crippen LogP contribution in [-0.4, -0.2) is 32.6 Å². The third-order valence-electron chi connectivity index (χ3n) is 6.12. The van der Waals surface area contributed by atoms with E-state index in [0.717, 1.165) is 6.07 Å². The number of hydrogen-bond acceptors (Lipinski definition) is 7. The van der Waals surface area contributed by atoms with Crippen molar-refractivity contribution < 1.29 is 29.2 Å². The molecule has 1 fully saturated rings. The molecule has 7 nitrogen and oxygen atoms in total. The summed E-state index contributed by atoms with van der Waals surface area (Å²) in [5.74, 6) is -0.174. The minimum atomic E-state index is -0.597. The molecule has 2 aromatic carbocycles. The molecule has 3 N–H and O–H groups in total. The van der Waals surface area contributed by atoms with Crippen molar-refractivity contribution in [2.45, 2.75) is 51.4 Å². The Balaban J connectivity index is 1.79. The summed E-state index contributed by atoms with van der Waals surface area (Å²) in [5, 5.41) is 30.9. The first-order chi connectivity index (χ1) is 15.0. The van der Waals surface area contributed by atoms with E-state index in [1.54, 1.807) is 6.08 Å². The predicted molar refractivity (Wildman–Crippen MR) is 119 cm³/mol. The van der Waals surface area contributed by atoms with E-state index < -0.39 is 11.0 Å². The summed E-state index contributed by atoms with van der Waals surface area (Å²) in [6, 6.07) is 3.93. The Morgan fingerprint density at radius 1 is 1.06 bits per heavy atom. The van der Waals surface area contributed by atoms with Gasteiger partial charge in [0, 0.05) is 23.6 Å². The molecule has 2 aliphatic heterocycles. The summed E-state index contributed by atoms with van der Waals surface area (Å²) in [6.07, 6.45) is 5.19. The fourth-order valence-corrected chi connectivity index (χ4v) is 4.19. The lowest BCUT2D eigenvalue weighted by molar-refractivity contribution is 0.156. The average Bonchev–Trinajstić information content (AvgIpc) is 3.30. The van der Waals surface area contributed by atoms with Gasteiger partial charge in [-0.1, -0.05) is 0 Å². The van der Waals surface area contributed by atoms with Crippen LogP contribution in [0.3, 0.4) is 0 Å². The minimum absolute atomic E-state index is 0.00939. The van der Waals surface area contributed by atoms with Gasteiger partial charge in [-0.2, -0.15) is 0 Å². The van der Waals surface area contributed by atoms with Gasteiger partial charge in [0.05, 0.1) is 22.8 Å². The summed E-state index contributed by atoms with van der Waals surface area (Å²) in [7, 11) is 0. The first-order valence-corrected chi connectivity index (χ1v) is 10.4. The van der Waals surface area contributed by atoms with Crippen molar-refractivity contribution in [1.82, 2.24) is 0 Å². The van der Waals surface area contributed by atoms with Crippen LogP contribution in [0.5, 0.6) is 23.0 Å². The van der Waals surface area contributed by atoms with Gasteiger partial charge in [-0.05, 0) is 52.0 Å². The fraction of sp³-hybridized carbons (Fsp3) is 0.320. The zero-order valence-corrected chi connectivity index (χ0v) is 18.2. The van der Waals surface area contributed by atoms with Crippen LogP contribution in [-0.2, 0) is 11.2 Å². The van der Waals surface area contributed by atoms with E-state index in [-0.39, 0.29) is 51.0 Å². The Kier molecular flexibility index (Phi) is 4.17. The third kappa shape index (κ3) is 3.12. The molecule has 0 amide bonds. The summed E-state index contributed by atoms with van der Waals surface area (Å²) in [5.41, 5.74) is 0.157. The van der Waals surface area contributed by atoms with Gasteiger partial charge in [-0.25, -0.2) is 0 Å². The molecule has 3 aromatic rings. The molecule has 166 valence electrons. The van der Waals surface area contributed by atoms with Gasteiger partial charge in [-0.15, -0.1) is 0 Å². The lowest BCUT2D eigenvalue weighted by atomic mass is 9.92. The van der Waals surface area contributed by atoms with Crippen molar-refractivity contribution in [3.8, 4) is 34.1 Å². The van der Waals surface area contributed by atoms with Gasteiger partial charge in [0.15, 0.2) is 0 Å². The van der Waals surface area contributed by atoms with E-state index in [4.69, 9.17) is 13.9 Å². The second-order valence-corrected chi connectivity index (χ2v) is 9.41. The molecule has 1 saturated heterocycles. The van der Waals surface area contributed by atoms with Gasteiger partial charge >= 0.3 is 0 Å². The van der Waals surface area contributed by atoms with E-state index >= 15 is 0 Å². The first-order valence-electron chi connectivity index (χ1n) is 10.4. The fourth-order valence-electron chi connectivity index (χ4n) is 4.19. The Morgan fingerprint density at radius 3 is 2.44 bits per heavy atom. The molecule has 0 spiro atoms. The second-order valence-electron chi connectivity index (χ2n) is 9.41. The van der Waals surface area contributed by atoms with Crippen molar-refractivity contribution in [2.75, 3.05) is 0 Å². The van der Waals surface area contributed by atoms with Crippen LogP contribution in [0.2, 0.25) is 0 Å². The maximum atomic E-state index is 13.5. The largest absolute Gasteiger partial charge is 0.508 e. The Bertz CT molecular complexity index is 1360. The number of fused-ring (bicyclic) bond motifs is 2. The number of benzene rings is 2. The molecule has 0 bridgehead atoms. The van der Waals surface area contributed by atoms with E-state index in [9.17, 15) is 20.1 Å². The molecule has 0 radical (unpaired) electrons. The Labute approximate surface area is 184 Å². The standard InChI is InChI=1S/C25H24O7/c1-24(2)8-7-14-20(28)19-21(29)16(13-6-5-12(26)9-17(13)27)11-30-23(19)15(22(14)32-24)10-18-25(3,4)31-18/h5-9,11,18,26-28H,10H2,1-4H3/t18-/m0/s1. The zero-order valence-electron chi connectivity index (χ0n) is 18.2. The molecule has 0 saturated carbocycles. The highest BCUT2D eigenvalue weighted by Gasteiger charge is 2.48. The molecule has 0 unspecified atom stereocenters. The lowest BCUT2D eigenvalue weighted by Crippen LogP contribution is -2.28. The SMILES string of the molecule is CC1(C)C=Cc2c(c(C[C@@H]3OC3(C)C)c3occ(-c4ccc(O)cc4O)c(=O)c3c2O)O1. The second kappa shape index (κ2) is 6.53. The van der Waals surface area contributed by atoms with Gasteiger partial charge < -0.3 is 29.2 Å². The molecular formula is C25H24O7. The van der Waals surface area contributed by atoms with Crippen LogP contribution in [0.25, 0.3) is 28.2 Å². The summed E-state index contributed by atoms with van der Waals surface area (Å²) in [4.78, 5) is 13.5. The maximum absolute atomic E-state index is 13.5. The first kappa shape index (κ1) is 20.5. The van der Waals surface area contributed by atoms with Crippen LogP contribution in [0.4, 0.5) is 0 Å². The average molecular weight is 436 g/mol. The van der Waals surface area contributed by atoms with Crippen LogP contribution in [0.1, 0.15) is 38.8 Å². The predicted octanol–water partition coefficient (Wildman–Crippen LogP) is 4.48. The van der Waals surface area contributed by atoms with Crippen LogP contribution < -0.4 is 10.2 Å². The molecule has 7 heteroatoms. The van der Waals surface area contributed by atoms with Gasteiger partial charge in [0.1, 0.15) is 45.8 Å². The number of ether oxygens (including phenoxy) is 2.